The molecule has 0 spiro atoms. The van der Waals surface area contributed by atoms with Crippen LogP contribution in [0.2, 0.25) is 0 Å². The molecule has 0 unspecified atom stereocenters. The molecule has 0 aromatic carbocycles. The zero-order chi connectivity index (χ0) is 11.9. The van der Waals surface area contributed by atoms with Gasteiger partial charge in [0.1, 0.15) is 0 Å². The molecule has 0 saturated heterocycles. The Morgan fingerprint density at radius 2 is 2.12 bits per heavy atom. The van der Waals surface area contributed by atoms with Crippen LogP contribution in [0.4, 0.5) is 5.69 Å². The van der Waals surface area contributed by atoms with Gasteiger partial charge in [0, 0.05) is 18.4 Å². The van der Waals surface area contributed by atoms with E-state index >= 15 is 0 Å². The molecule has 16 heavy (non-hydrogen) atoms. The predicted molar refractivity (Wildman–Crippen MR) is 53.7 cm³/mol. The molecule has 0 radical (unpaired) electrons. The fraction of sp³-hybridized carbons (Fsp3) is 0.125. The number of nitrogens with zero attached hydrogens (tertiary/aromatic N) is 2. The average Bonchev–Trinajstić information content (AvgIpc) is 2.55. The molecule has 0 atom stereocenters. The largest absolute Gasteiger partial charge is 0.383 e. The maximum atomic E-state index is 11.4. The quantitative estimate of drug-likeness (QED) is 0.457. The van der Waals surface area contributed by atoms with E-state index < -0.39 is 20.4 Å². The van der Waals surface area contributed by atoms with E-state index in [9.17, 15) is 18.5 Å². The first-order valence-electron chi connectivity index (χ1n) is 4.28. The molecule has 7 nitrogen and oxygen atoms in total. The van der Waals surface area contributed by atoms with Crippen molar-refractivity contribution < 1.29 is 17.9 Å². The van der Waals surface area contributed by atoms with Crippen molar-refractivity contribution in [3.05, 3.63) is 34.5 Å². The Labute approximate surface area is 90.4 Å². The Kier molecular flexibility index (Phi) is 2.16. The molecule has 1 N–H and O–H groups in total. The lowest BCUT2D eigenvalue weighted by Crippen LogP contribution is -2.22. The van der Waals surface area contributed by atoms with Crippen molar-refractivity contribution in [1.82, 2.24) is 5.10 Å². The van der Waals surface area contributed by atoms with E-state index in [0.29, 0.717) is 0 Å². The molecule has 2 aromatic heterocycles. The third-order valence-electron chi connectivity index (χ3n) is 2.09. The van der Waals surface area contributed by atoms with Crippen LogP contribution in [-0.2, 0) is 9.84 Å². The lowest BCUT2D eigenvalue weighted by Gasteiger charge is -1.88. The maximum Gasteiger partial charge on any atom is 0.383 e. The van der Waals surface area contributed by atoms with Crippen molar-refractivity contribution in [3.63, 3.8) is 0 Å². The number of pyridine rings is 1. The predicted octanol–water partition coefficient (Wildman–Crippen LogP) is 0.0651. The molecule has 0 amide bonds. The summed E-state index contributed by atoms with van der Waals surface area (Å²) < 4.78 is 24.1. The van der Waals surface area contributed by atoms with Crippen molar-refractivity contribution >= 4 is 21.0 Å². The number of H-pyrrole nitrogens is 1. The number of hydrogen-bond acceptors (Lipinski definition) is 4. The molecule has 0 aliphatic heterocycles. The summed E-state index contributed by atoms with van der Waals surface area (Å²) >= 11 is 0. The number of aromatic amines is 1. The molecule has 2 aromatic rings. The maximum absolute atomic E-state index is 11.4. The number of hydrogen-bond donors (Lipinski definition) is 1. The van der Waals surface area contributed by atoms with Crippen LogP contribution in [0.25, 0.3) is 5.52 Å². The monoisotopic (exact) mass is 242 g/mol. The van der Waals surface area contributed by atoms with Crippen molar-refractivity contribution in [2.45, 2.75) is 5.03 Å². The van der Waals surface area contributed by atoms with Gasteiger partial charge in [-0.15, -0.1) is 5.10 Å². The number of nitro groups is 1. The van der Waals surface area contributed by atoms with Gasteiger partial charge in [0.05, 0.1) is 4.92 Å². The van der Waals surface area contributed by atoms with E-state index in [-0.39, 0.29) is 10.5 Å². The highest BCUT2D eigenvalue weighted by atomic mass is 32.2. The van der Waals surface area contributed by atoms with Gasteiger partial charge >= 0.3 is 11.2 Å². The Hall–Kier alpha value is -1.96. The Morgan fingerprint density at radius 1 is 1.44 bits per heavy atom. The van der Waals surface area contributed by atoms with Gasteiger partial charge < -0.3 is 0 Å². The van der Waals surface area contributed by atoms with E-state index in [4.69, 9.17) is 0 Å². The van der Waals surface area contributed by atoms with Crippen LogP contribution < -0.4 is 4.52 Å². The van der Waals surface area contributed by atoms with Gasteiger partial charge in [0.15, 0.2) is 0 Å². The highest BCUT2D eigenvalue weighted by Crippen LogP contribution is 2.24. The first kappa shape index (κ1) is 10.6. The first-order chi connectivity index (χ1) is 7.41. The Morgan fingerprint density at radius 3 is 2.69 bits per heavy atom. The number of nitrogens with one attached hydrogen (secondary N) is 1. The number of sulfone groups is 1. The van der Waals surface area contributed by atoms with E-state index in [1.54, 1.807) is 12.1 Å². The second-order valence-electron chi connectivity index (χ2n) is 3.27. The van der Waals surface area contributed by atoms with Crippen LogP contribution in [0.5, 0.6) is 0 Å². The zero-order valence-corrected chi connectivity index (χ0v) is 9.06. The minimum absolute atomic E-state index is 0.216. The molecule has 0 aliphatic rings. The molecular weight excluding hydrogens is 234 g/mol. The minimum atomic E-state index is -3.66. The number of rotatable bonds is 2. The van der Waals surface area contributed by atoms with Crippen molar-refractivity contribution in [2.24, 2.45) is 0 Å². The summed E-state index contributed by atoms with van der Waals surface area (Å²) in [5, 5.41) is 12.9. The van der Waals surface area contributed by atoms with Crippen LogP contribution >= 0.6 is 0 Å². The second kappa shape index (κ2) is 3.27. The Bertz CT molecular complexity index is 674. The average molecular weight is 242 g/mol. The summed E-state index contributed by atoms with van der Waals surface area (Å²) in [7, 11) is -3.66. The van der Waals surface area contributed by atoms with Gasteiger partial charge in [-0.2, -0.15) is 0 Å². The topological polar surface area (TPSA) is 97.2 Å². The summed E-state index contributed by atoms with van der Waals surface area (Å²) in [4.78, 5) is 10.1. The summed E-state index contributed by atoms with van der Waals surface area (Å²) in [6.07, 6.45) is 2.43. The van der Waals surface area contributed by atoms with Gasteiger partial charge in [-0.1, -0.05) is 4.52 Å². The van der Waals surface area contributed by atoms with Crippen LogP contribution in [0.3, 0.4) is 0 Å². The van der Waals surface area contributed by atoms with Crippen molar-refractivity contribution in [3.8, 4) is 0 Å². The van der Waals surface area contributed by atoms with Crippen LogP contribution in [0.15, 0.2) is 29.4 Å². The molecule has 0 aliphatic carbocycles. The van der Waals surface area contributed by atoms with E-state index in [0.717, 1.165) is 6.26 Å². The normalized spacial score (nSPS) is 11.8. The van der Waals surface area contributed by atoms with Gasteiger partial charge in [0.2, 0.25) is 16.0 Å². The summed E-state index contributed by atoms with van der Waals surface area (Å²) in [5.41, 5.74) is -0.212. The van der Waals surface area contributed by atoms with E-state index in [1.165, 1.54) is 16.8 Å². The van der Waals surface area contributed by atoms with Gasteiger partial charge in [-0.05, 0) is 6.07 Å². The van der Waals surface area contributed by atoms with Crippen LogP contribution in [0, 0.1) is 10.1 Å². The lowest BCUT2D eigenvalue weighted by atomic mass is 10.4. The SMILES string of the molecule is CS(=O)(=O)c1[nH][n+]2ccccc2c1[N+](=O)[O-]. The fourth-order valence-electron chi connectivity index (χ4n) is 1.45. The van der Waals surface area contributed by atoms with E-state index in [2.05, 4.69) is 5.10 Å². The minimum Gasteiger partial charge on any atom is -0.258 e. The van der Waals surface area contributed by atoms with Crippen molar-refractivity contribution in [2.75, 3.05) is 6.26 Å². The molecule has 8 heteroatoms. The van der Waals surface area contributed by atoms with Gasteiger partial charge in [0.25, 0.3) is 5.03 Å². The third kappa shape index (κ3) is 1.52. The zero-order valence-electron chi connectivity index (χ0n) is 8.25. The highest BCUT2D eigenvalue weighted by molar-refractivity contribution is 7.90. The smallest absolute Gasteiger partial charge is 0.258 e. The fourth-order valence-corrected chi connectivity index (χ4v) is 2.24. The van der Waals surface area contributed by atoms with Crippen molar-refractivity contribution in [1.29, 1.82) is 0 Å². The lowest BCUT2D eigenvalue weighted by molar-refractivity contribution is -0.580. The van der Waals surface area contributed by atoms with E-state index in [1.807, 2.05) is 0 Å². The number of aromatic nitrogens is 2. The molecule has 2 rings (SSSR count). The molecule has 2 heterocycles. The Balaban J connectivity index is 2.95. The summed E-state index contributed by atoms with van der Waals surface area (Å²) in [5.74, 6) is 0. The third-order valence-corrected chi connectivity index (χ3v) is 3.12. The van der Waals surface area contributed by atoms with Gasteiger partial charge in [-0.25, -0.2) is 8.42 Å². The molecule has 0 bridgehead atoms. The second-order valence-corrected chi connectivity index (χ2v) is 5.23. The standard InChI is InChI=1S/C8H7N3O4S/c1-16(14,15)8-7(11(12)13)6-4-2-3-5-10(6)9-8/h2-5H,1H3/p+1. The van der Waals surface area contributed by atoms with Crippen LogP contribution in [0.1, 0.15) is 0 Å². The molecule has 0 saturated carbocycles. The summed E-state index contributed by atoms with van der Waals surface area (Å²) in [6.45, 7) is 0. The molecule has 84 valence electrons. The highest BCUT2D eigenvalue weighted by Gasteiger charge is 2.34. The number of fused-ring (bicyclic) bond motifs is 1. The van der Waals surface area contributed by atoms with Crippen LogP contribution in [-0.4, -0.2) is 24.7 Å². The summed E-state index contributed by atoms with van der Waals surface area (Å²) in [6, 6.07) is 4.71. The first-order valence-corrected chi connectivity index (χ1v) is 6.17. The molecule has 0 fully saturated rings. The van der Waals surface area contributed by atoms with Gasteiger partial charge in [-0.3, -0.25) is 10.1 Å². The molecular formula is C8H8N3O4S+.